The highest BCUT2D eigenvalue weighted by atomic mass is 32.1. The first kappa shape index (κ1) is 19.0. The number of aliphatic hydroxyl groups is 4. The van der Waals surface area contributed by atoms with Gasteiger partial charge >= 0.3 is 0 Å². The van der Waals surface area contributed by atoms with E-state index in [4.69, 9.17) is 4.74 Å². The quantitative estimate of drug-likeness (QED) is 0.388. The number of ketones is 2. The van der Waals surface area contributed by atoms with E-state index in [1.54, 1.807) is 24.3 Å². The summed E-state index contributed by atoms with van der Waals surface area (Å²) in [5.74, 6) is 4.49. The largest absolute Gasteiger partial charge is 0.394 e. The van der Waals surface area contributed by atoms with Crippen molar-refractivity contribution in [3.05, 3.63) is 40.3 Å². The molecule has 0 unspecified atom stereocenters. The van der Waals surface area contributed by atoms with E-state index in [0.717, 1.165) is 9.58 Å². The number of fused-ring (bicyclic) bond motifs is 3. The molecule has 0 amide bonds. The Balaban J connectivity index is 1.64. The molecule has 1 aliphatic heterocycles. The SMILES string of the molecule is O=C1C=Cc2sc3cc(C#C[C@H]4O[C@H](CO)[C@@H](O)[C@H](O)[C@@H]4O)ccc3c2C1=O. The van der Waals surface area contributed by atoms with Crippen molar-refractivity contribution < 1.29 is 34.8 Å². The molecule has 1 saturated heterocycles. The van der Waals surface area contributed by atoms with Crippen LogP contribution in [0.15, 0.2) is 24.3 Å². The van der Waals surface area contributed by atoms with Crippen LogP contribution >= 0.6 is 11.3 Å². The number of hydrogen-bond acceptors (Lipinski definition) is 8. The number of thiophene rings is 1. The summed E-state index contributed by atoms with van der Waals surface area (Å²) in [5.41, 5.74) is 0.992. The van der Waals surface area contributed by atoms with Crippen molar-refractivity contribution in [1.82, 2.24) is 0 Å². The predicted octanol–water partition coefficient (Wildman–Crippen LogP) is -0.126. The molecule has 0 spiro atoms. The van der Waals surface area contributed by atoms with Gasteiger partial charge in [0.1, 0.15) is 30.5 Å². The van der Waals surface area contributed by atoms with Crippen molar-refractivity contribution in [3.63, 3.8) is 0 Å². The third-order valence-corrected chi connectivity index (χ3v) is 5.92. The number of allylic oxidation sites excluding steroid dienone is 1. The Bertz CT molecular complexity index is 1060. The molecular weight excluding hydrogens is 384 g/mol. The van der Waals surface area contributed by atoms with Gasteiger partial charge in [-0.3, -0.25) is 9.59 Å². The number of carbonyl (C=O) groups is 2. The summed E-state index contributed by atoms with van der Waals surface area (Å²) < 4.78 is 6.15. The minimum Gasteiger partial charge on any atom is -0.394 e. The van der Waals surface area contributed by atoms with E-state index in [1.807, 2.05) is 0 Å². The second-order valence-corrected chi connectivity index (χ2v) is 7.68. The summed E-state index contributed by atoms with van der Waals surface area (Å²) in [6.45, 7) is -0.518. The van der Waals surface area contributed by atoms with Crippen LogP contribution in [0, 0.1) is 11.8 Å². The summed E-state index contributed by atoms with van der Waals surface area (Å²) in [6, 6.07) is 5.16. The van der Waals surface area contributed by atoms with Crippen LogP contribution in [0.5, 0.6) is 0 Å². The average Bonchev–Trinajstić information content (AvgIpc) is 3.07. The molecule has 4 N–H and O–H groups in total. The fourth-order valence-corrected chi connectivity index (χ4v) is 4.41. The van der Waals surface area contributed by atoms with Crippen molar-refractivity contribution in [2.75, 3.05) is 6.61 Å². The molecule has 5 atom stereocenters. The van der Waals surface area contributed by atoms with Gasteiger partial charge in [0.2, 0.25) is 11.6 Å². The number of rotatable bonds is 1. The molecule has 8 heteroatoms. The molecule has 2 aromatic rings. The van der Waals surface area contributed by atoms with Crippen molar-refractivity contribution >= 4 is 39.1 Å². The zero-order valence-electron chi connectivity index (χ0n) is 14.4. The number of aliphatic hydroxyl groups excluding tert-OH is 4. The highest BCUT2D eigenvalue weighted by Crippen LogP contribution is 2.35. The fraction of sp³-hybridized carbons (Fsp3) is 0.300. The Morgan fingerprint density at radius 1 is 1.07 bits per heavy atom. The van der Waals surface area contributed by atoms with E-state index < -0.39 is 48.7 Å². The Kier molecular flexibility index (Phi) is 4.89. The third-order valence-electron chi connectivity index (χ3n) is 4.81. The normalized spacial score (nSPS) is 29.5. The van der Waals surface area contributed by atoms with Gasteiger partial charge in [0.25, 0.3) is 0 Å². The highest BCUT2D eigenvalue weighted by molar-refractivity contribution is 7.20. The summed E-state index contributed by atoms with van der Waals surface area (Å²) in [7, 11) is 0. The van der Waals surface area contributed by atoms with Crippen molar-refractivity contribution in [2.24, 2.45) is 0 Å². The lowest BCUT2D eigenvalue weighted by molar-refractivity contribution is -0.214. The molecule has 1 aromatic heterocycles. The summed E-state index contributed by atoms with van der Waals surface area (Å²) in [5, 5.41) is 39.6. The van der Waals surface area contributed by atoms with Crippen molar-refractivity contribution in [1.29, 1.82) is 0 Å². The van der Waals surface area contributed by atoms with Crippen LogP contribution in [0.25, 0.3) is 16.2 Å². The first-order valence-electron chi connectivity index (χ1n) is 8.56. The van der Waals surface area contributed by atoms with Crippen LogP contribution in [-0.2, 0) is 9.53 Å². The average molecular weight is 400 g/mol. The molecule has 0 radical (unpaired) electrons. The molecular formula is C20H16O7S. The van der Waals surface area contributed by atoms with E-state index in [1.165, 1.54) is 17.4 Å². The maximum Gasteiger partial charge on any atom is 0.234 e. The van der Waals surface area contributed by atoms with Crippen LogP contribution in [-0.4, -0.2) is 69.1 Å². The van der Waals surface area contributed by atoms with Gasteiger partial charge in [-0.15, -0.1) is 11.3 Å². The molecule has 7 nitrogen and oxygen atoms in total. The second kappa shape index (κ2) is 7.22. The second-order valence-electron chi connectivity index (χ2n) is 6.60. The van der Waals surface area contributed by atoms with Gasteiger partial charge in [-0.2, -0.15) is 0 Å². The number of Topliss-reactive ketones (excluding diaryl/α,β-unsaturated/α-hetero) is 1. The Labute approximate surface area is 163 Å². The molecule has 1 aliphatic carbocycles. The summed E-state index contributed by atoms with van der Waals surface area (Å²) in [6.07, 6.45) is -3.53. The summed E-state index contributed by atoms with van der Waals surface area (Å²) in [4.78, 5) is 24.5. The van der Waals surface area contributed by atoms with Gasteiger partial charge in [-0.25, -0.2) is 0 Å². The predicted molar refractivity (Wildman–Crippen MR) is 101 cm³/mol. The maximum absolute atomic E-state index is 12.1. The smallest absolute Gasteiger partial charge is 0.234 e. The molecule has 4 rings (SSSR count). The Morgan fingerprint density at radius 3 is 2.61 bits per heavy atom. The van der Waals surface area contributed by atoms with E-state index in [-0.39, 0.29) is 0 Å². The lowest BCUT2D eigenvalue weighted by atomic mass is 9.95. The van der Waals surface area contributed by atoms with E-state index in [9.17, 15) is 30.0 Å². The van der Waals surface area contributed by atoms with E-state index in [0.29, 0.717) is 16.5 Å². The molecule has 1 fully saturated rings. The lowest BCUT2D eigenvalue weighted by Crippen LogP contribution is -2.58. The summed E-state index contributed by atoms with van der Waals surface area (Å²) >= 11 is 1.37. The first-order valence-corrected chi connectivity index (χ1v) is 9.37. The number of ether oxygens (including phenoxy) is 1. The maximum atomic E-state index is 12.1. The molecule has 0 saturated carbocycles. The number of carbonyl (C=O) groups excluding carboxylic acids is 2. The van der Waals surface area contributed by atoms with Gasteiger partial charge in [-0.05, 0) is 24.3 Å². The molecule has 1 aromatic carbocycles. The Hall–Kier alpha value is -2.38. The molecule has 2 aliphatic rings. The molecule has 2 heterocycles. The lowest BCUT2D eigenvalue weighted by Gasteiger charge is -2.37. The van der Waals surface area contributed by atoms with Crippen LogP contribution in [0.3, 0.4) is 0 Å². The van der Waals surface area contributed by atoms with Crippen LogP contribution < -0.4 is 0 Å². The van der Waals surface area contributed by atoms with Gasteiger partial charge < -0.3 is 25.2 Å². The number of hydrogen-bond donors (Lipinski definition) is 4. The third kappa shape index (κ3) is 3.08. The number of benzene rings is 1. The van der Waals surface area contributed by atoms with Gasteiger partial charge in [-0.1, -0.05) is 17.9 Å². The van der Waals surface area contributed by atoms with Crippen LogP contribution in [0.2, 0.25) is 0 Å². The highest BCUT2D eigenvalue weighted by Gasteiger charge is 2.42. The van der Waals surface area contributed by atoms with Crippen molar-refractivity contribution in [3.8, 4) is 11.8 Å². The van der Waals surface area contributed by atoms with Gasteiger partial charge in [0.05, 0.1) is 12.2 Å². The van der Waals surface area contributed by atoms with E-state index >= 15 is 0 Å². The molecule has 28 heavy (non-hydrogen) atoms. The monoisotopic (exact) mass is 400 g/mol. The standard InChI is InChI=1S/C20H16O7S/c21-8-13-19(25)20(26)18(24)12(27-13)5-2-9-1-3-10-15(7-9)28-14-6-4-11(22)17(23)16(10)14/h1,3-4,6-7,12-13,18-21,24-26H,8H2/t12-,13-,18-,19-,20-/m1/s1. The zero-order chi connectivity index (χ0) is 20.0. The van der Waals surface area contributed by atoms with Crippen LogP contribution in [0.1, 0.15) is 20.8 Å². The fourth-order valence-electron chi connectivity index (χ4n) is 3.27. The topological polar surface area (TPSA) is 124 Å². The Morgan fingerprint density at radius 2 is 1.86 bits per heavy atom. The molecule has 144 valence electrons. The van der Waals surface area contributed by atoms with Crippen LogP contribution in [0.4, 0.5) is 0 Å². The first-order chi connectivity index (χ1) is 13.4. The molecule has 0 bridgehead atoms. The minimum absolute atomic E-state index is 0.404. The van der Waals surface area contributed by atoms with Gasteiger partial charge in [0, 0.05) is 20.5 Å². The van der Waals surface area contributed by atoms with Crippen molar-refractivity contribution in [2.45, 2.75) is 30.5 Å². The van der Waals surface area contributed by atoms with E-state index in [2.05, 4.69) is 11.8 Å². The zero-order valence-corrected chi connectivity index (χ0v) is 15.2. The van der Waals surface area contributed by atoms with Gasteiger partial charge in [0.15, 0.2) is 0 Å². The minimum atomic E-state index is -1.48.